The van der Waals surface area contributed by atoms with Crippen LogP contribution in [0.3, 0.4) is 0 Å². The van der Waals surface area contributed by atoms with E-state index in [0.29, 0.717) is 5.02 Å². The number of halogens is 3. The van der Waals surface area contributed by atoms with Gasteiger partial charge in [0.15, 0.2) is 0 Å². The Morgan fingerprint density at radius 2 is 1.58 bits per heavy atom. The van der Waals surface area contributed by atoms with Gasteiger partial charge in [0.1, 0.15) is 0 Å². The summed E-state index contributed by atoms with van der Waals surface area (Å²) in [7, 11) is 0. The number of rotatable bonds is 5. The third-order valence-electron chi connectivity index (χ3n) is 2.82. The molecule has 2 rings (SSSR count). The van der Waals surface area contributed by atoms with Crippen LogP contribution in [0.2, 0.25) is 5.02 Å². The van der Waals surface area contributed by atoms with Crippen LogP contribution < -0.4 is 5.32 Å². The molecular weight excluding hydrogens is 268 g/mol. The minimum absolute atomic E-state index is 0.0643. The lowest BCUT2D eigenvalue weighted by Gasteiger charge is -2.07. The van der Waals surface area contributed by atoms with Gasteiger partial charge in [-0.3, -0.25) is 0 Å². The molecule has 0 fully saturated rings. The first-order valence-electron chi connectivity index (χ1n) is 6.01. The molecule has 0 bridgehead atoms. The Morgan fingerprint density at radius 1 is 0.947 bits per heavy atom. The Balaban J connectivity index is 1.83. The monoisotopic (exact) mass is 281 g/mol. The molecule has 0 amide bonds. The highest BCUT2D eigenvalue weighted by atomic mass is 35.5. The van der Waals surface area contributed by atoms with Gasteiger partial charge < -0.3 is 5.32 Å². The predicted octanol–water partition coefficient (Wildman–Crippen LogP) is 4.93. The molecule has 0 aliphatic rings. The van der Waals surface area contributed by atoms with E-state index in [-0.39, 0.29) is 5.56 Å². The molecule has 2 aromatic rings. The molecule has 0 saturated heterocycles. The third kappa shape index (κ3) is 4.21. The summed E-state index contributed by atoms with van der Waals surface area (Å²) in [6.45, 7) is 0.746. The van der Waals surface area contributed by atoms with Gasteiger partial charge in [-0.05, 0) is 36.2 Å². The van der Waals surface area contributed by atoms with E-state index in [4.69, 9.17) is 11.6 Å². The fourth-order valence-electron chi connectivity index (χ4n) is 1.75. The molecule has 1 nitrogen and oxygen atoms in total. The number of nitrogens with one attached hydrogen (secondary N) is 1. The van der Waals surface area contributed by atoms with E-state index in [1.54, 1.807) is 12.1 Å². The molecule has 0 atom stereocenters. The predicted molar refractivity (Wildman–Crippen MR) is 75.0 cm³/mol. The third-order valence-corrected chi connectivity index (χ3v) is 3.07. The summed E-state index contributed by atoms with van der Waals surface area (Å²) in [5.41, 5.74) is 2.09. The van der Waals surface area contributed by atoms with Crippen molar-refractivity contribution in [2.75, 3.05) is 11.9 Å². The second kappa shape index (κ2) is 6.53. The molecule has 0 unspecified atom stereocenters. The second-order valence-electron chi connectivity index (χ2n) is 4.23. The summed E-state index contributed by atoms with van der Waals surface area (Å²) in [4.78, 5) is 0. The van der Waals surface area contributed by atoms with Gasteiger partial charge >= 0.3 is 0 Å². The lowest BCUT2D eigenvalue weighted by Crippen LogP contribution is -2.04. The SMILES string of the molecule is FC(F)c1ccc(CCNc2ccc(Cl)cc2)cc1. The van der Waals surface area contributed by atoms with Crippen LogP contribution in [0.4, 0.5) is 14.5 Å². The van der Waals surface area contributed by atoms with E-state index in [9.17, 15) is 8.78 Å². The molecule has 0 spiro atoms. The molecule has 0 aliphatic carbocycles. The van der Waals surface area contributed by atoms with E-state index in [1.165, 1.54) is 12.1 Å². The smallest absolute Gasteiger partial charge is 0.263 e. The normalized spacial score (nSPS) is 10.7. The van der Waals surface area contributed by atoms with E-state index in [1.807, 2.05) is 24.3 Å². The maximum Gasteiger partial charge on any atom is 0.263 e. The Bertz CT molecular complexity index is 509. The van der Waals surface area contributed by atoms with Crippen molar-refractivity contribution in [3.8, 4) is 0 Å². The summed E-state index contributed by atoms with van der Waals surface area (Å²) in [6.07, 6.45) is -1.62. The van der Waals surface area contributed by atoms with Crippen LogP contribution in [-0.2, 0) is 6.42 Å². The van der Waals surface area contributed by atoms with Crippen LogP contribution in [-0.4, -0.2) is 6.54 Å². The van der Waals surface area contributed by atoms with Gasteiger partial charge in [0.25, 0.3) is 6.43 Å². The number of anilines is 1. The first kappa shape index (κ1) is 13.8. The first-order chi connectivity index (χ1) is 9.15. The van der Waals surface area contributed by atoms with Gasteiger partial charge in [-0.15, -0.1) is 0 Å². The summed E-state index contributed by atoms with van der Waals surface area (Å²) < 4.78 is 24.8. The number of hydrogen-bond acceptors (Lipinski definition) is 1. The van der Waals surface area contributed by atoms with Gasteiger partial charge in [-0.2, -0.15) is 0 Å². The molecule has 4 heteroatoms. The highest BCUT2D eigenvalue weighted by molar-refractivity contribution is 6.30. The van der Waals surface area contributed by atoms with Crippen molar-refractivity contribution in [1.82, 2.24) is 0 Å². The van der Waals surface area contributed by atoms with Crippen LogP contribution in [0.15, 0.2) is 48.5 Å². The fourth-order valence-corrected chi connectivity index (χ4v) is 1.87. The zero-order chi connectivity index (χ0) is 13.7. The average Bonchev–Trinajstić information content (AvgIpc) is 2.41. The lowest BCUT2D eigenvalue weighted by molar-refractivity contribution is 0.151. The standard InChI is InChI=1S/C15H14ClF2N/c16-13-5-7-14(8-6-13)19-10-9-11-1-3-12(4-2-11)15(17)18/h1-8,15,19H,9-10H2. The van der Waals surface area contributed by atoms with Crippen molar-refractivity contribution in [3.05, 3.63) is 64.7 Å². The van der Waals surface area contributed by atoms with E-state index >= 15 is 0 Å². The van der Waals surface area contributed by atoms with Crippen LogP contribution in [0.5, 0.6) is 0 Å². The van der Waals surface area contributed by atoms with Crippen molar-refractivity contribution in [2.45, 2.75) is 12.8 Å². The average molecular weight is 282 g/mol. The summed E-state index contributed by atoms with van der Waals surface area (Å²) in [5, 5.41) is 3.95. The van der Waals surface area contributed by atoms with Crippen LogP contribution in [0, 0.1) is 0 Å². The van der Waals surface area contributed by atoms with Crippen molar-refractivity contribution in [1.29, 1.82) is 0 Å². The van der Waals surface area contributed by atoms with E-state index in [2.05, 4.69) is 5.32 Å². The second-order valence-corrected chi connectivity index (χ2v) is 4.66. The zero-order valence-electron chi connectivity index (χ0n) is 10.2. The first-order valence-corrected chi connectivity index (χ1v) is 6.39. The minimum Gasteiger partial charge on any atom is -0.385 e. The Labute approximate surface area is 116 Å². The molecule has 0 heterocycles. The highest BCUT2D eigenvalue weighted by Gasteiger charge is 2.05. The fraction of sp³-hybridized carbons (Fsp3) is 0.200. The van der Waals surface area contributed by atoms with E-state index in [0.717, 1.165) is 24.2 Å². The molecule has 0 aromatic heterocycles. The Morgan fingerprint density at radius 3 is 2.16 bits per heavy atom. The van der Waals surface area contributed by atoms with Gasteiger partial charge in [-0.1, -0.05) is 35.9 Å². The molecule has 1 N–H and O–H groups in total. The van der Waals surface area contributed by atoms with Crippen LogP contribution in [0.1, 0.15) is 17.6 Å². The van der Waals surface area contributed by atoms with Crippen molar-refractivity contribution >= 4 is 17.3 Å². The molecule has 100 valence electrons. The number of hydrogen-bond donors (Lipinski definition) is 1. The van der Waals surface area contributed by atoms with Crippen molar-refractivity contribution < 1.29 is 8.78 Å². The van der Waals surface area contributed by atoms with E-state index < -0.39 is 6.43 Å². The maximum absolute atomic E-state index is 12.4. The van der Waals surface area contributed by atoms with Crippen molar-refractivity contribution in [3.63, 3.8) is 0 Å². The Hall–Kier alpha value is -1.61. The molecule has 0 radical (unpaired) electrons. The molecule has 0 aliphatic heterocycles. The summed E-state index contributed by atoms with van der Waals surface area (Å²) >= 11 is 5.79. The van der Waals surface area contributed by atoms with Gasteiger partial charge in [-0.25, -0.2) is 8.78 Å². The quantitative estimate of drug-likeness (QED) is 0.819. The summed E-state index contributed by atoms with van der Waals surface area (Å²) in [6, 6.07) is 13.9. The zero-order valence-corrected chi connectivity index (χ0v) is 11.0. The highest BCUT2D eigenvalue weighted by Crippen LogP contribution is 2.19. The topological polar surface area (TPSA) is 12.0 Å². The molecule has 19 heavy (non-hydrogen) atoms. The molecule has 0 saturated carbocycles. The van der Waals surface area contributed by atoms with Gasteiger partial charge in [0, 0.05) is 22.8 Å². The maximum atomic E-state index is 12.4. The van der Waals surface area contributed by atoms with Crippen LogP contribution in [0.25, 0.3) is 0 Å². The summed E-state index contributed by atoms with van der Waals surface area (Å²) in [5.74, 6) is 0. The van der Waals surface area contributed by atoms with Crippen LogP contribution >= 0.6 is 11.6 Å². The van der Waals surface area contributed by atoms with Crippen molar-refractivity contribution in [2.24, 2.45) is 0 Å². The van der Waals surface area contributed by atoms with Gasteiger partial charge in [0.2, 0.25) is 0 Å². The number of alkyl halides is 2. The molecular formula is C15H14ClF2N. The number of benzene rings is 2. The lowest BCUT2D eigenvalue weighted by atomic mass is 10.1. The largest absolute Gasteiger partial charge is 0.385 e. The van der Waals surface area contributed by atoms with Gasteiger partial charge in [0.05, 0.1) is 0 Å². The molecule has 2 aromatic carbocycles. The minimum atomic E-state index is -2.40. The Kier molecular flexibility index (Phi) is 4.74.